The summed E-state index contributed by atoms with van der Waals surface area (Å²) < 4.78 is 1.85. The second kappa shape index (κ2) is 2.82. The maximum Gasteiger partial charge on any atom is 0.0678 e. The lowest BCUT2D eigenvalue weighted by molar-refractivity contribution is 0.178. The van der Waals surface area contributed by atoms with Crippen LogP contribution in [0.15, 0.2) is 6.20 Å². The molecule has 1 aliphatic carbocycles. The first-order valence-electron chi connectivity index (χ1n) is 4.58. The van der Waals surface area contributed by atoms with Gasteiger partial charge >= 0.3 is 0 Å². The highest BCUT2D eigenvalue weighted by molar-refractivity contribution is 5.29. The number of rotatable bonds is 1. The van der Waals surface area contributed by atoms with Crippen LogP contribution in [-0.2, 0) is 19.0 Å². The Bertz CT molecular complexity index is 321. The monoisotopic (exact) mass is 181 g/mol. The van der Waals surface area contributed by atoms with Gasteiger partial charge in [-0.05, 0) is 19.3 Å². The van der Waals surface area contributed by atoms with E-state index < -0.39 is 5.54 Å². The Balaban J connectivity index is 2.49. The van der Waals surface area contributed by atoms with Crippen LogP contribution in [0, 0.1) is 0 Å². The molecule has 13 heavy (non-hydrogen) atoms. The quantitative estimate of drug-likeness (QED) is 0.636. The van der Waals surface area contributed by atoms with Crippen LogP contribution in [0.3, 0.4) is 0 Å². The highest BCUT2D eigenvalue weighted by atomic mass is 16.3. The lowest BCUT2D eigenvalue weighted by Gasteiger charge is -2.31. The van der Waals surface area contributed by atoms with E-state index in [2.05, 4.69) is 5.10 Å². The molecule has 4 nitrogen and oxygen atoms in total. The zero-order valence-corrected chi connectivity index (χ0v) is 7.82. The van der Waals surface area contributed by atoms with Gasteiger partial charge in [-0.2, -0.15) is 5.10 Å². The first-order valence-corrected chi connectivity index (χ1v) is 4.58. The van der Waals surface area contributed by atoms with Crippen molar-refractivity contribution in [3.63, 3.8) is 0 Å². The van der Waals surface area contributed by atoms with E-state index in [-0.39, 0.29) is 6.61 Å². The van der Waals surface area contributed by atoms with Crippen LogP contribution in [0.5, 0.6) is 0 Å². The van der Waals surface area contributed by atoms with Crippen molar-refractivity contribution in [1.29, 1.82) is 0 Å². The molecular formula is C9H15N3O. The molecule has 0 aromatic carbocycles. The van der Waals surface area contributed by atoms with E-state index in [1.54, 1.807) is 6.20 Å². The summed E-state index contributed by atoms with van der Waals surface area (Å²) in [6, 6.07) is 0. The molecule has 0 spiro atoms. The summed E-state index contributed by atoms with van der Waals surface area (Å²) >= 11 is 0. The van der Waals surface area contributed by atoms with Gasteiger partial charge in [0, 0.05) is 18.3 Å². The zero-order valence-electron chi connectivity index (χ0n) is 7.82. The third-order valence-electron chi connectivity index (χ3n) is 2.92. The van der Waals surface area contributed by atoms with Crippen molar-refractivity contribution in [2.45, 2.75) is 24.8 Å². The summed E-state index contributed by atoms with van der Waals surface area (Å²) in [5.41, 5.74) is 7.71. The highest BCUT2D eigenvalue weighted by Gasteiger charge is 2.34. The molecule has 0 fully saturated rings. The largest absolute Gasteiger partial charge is 0.394 e. The molecule has 0 radical (unpaired) electrons. The van der Waals surface area contributed by atoms with Crippen LogP contribution >= 0.6 is 0 Å². The number of aromatic nitrogens is 2. The molecular weight excluding hydrogens is 166 g/mol. The number of aliphatic hydroxyl groups is 1. The first kappa shape index (κ1) is 8.72. The fraction of sp³-hybridized carbons (Fsp3) is 0.667. The third-order valence-corrected chi connectivity index (χ3v) is 2.92. The van der Waals surface area contributed by atoms with Gasteiger partial charge in [-0.3, -0.25) is 4.68 Å². The normalized spacial score (nSPS) is 27.3. The van der Waals surface area contributed by atoms with Gasteiger partial charge in [-0.1, -0.05) is 0 Å². The molecule has 3 N–H and O–H groups in total. The summed E-state index contributed by atoms with van der Waals surface area (Å²) in [6.45, 7) is 0.00565. The van der Waals surface area contributed by atoms with E-state index in [0.717, 1.165) is 24.8 Å². The van der Waals surface area contributed by atoms with Crippen molar-refractivity contribution in [1.82, 2.24) is 9.78 Å². The standard InChI is InChI=1S/C9H15N3O/c1-12-8-3-2-4-9(10,6-13)7(8)5-11-12/h5,13H,2-4,6,10H2,1H3. The number of hydrogen-bond acceptors (Lipinski definition) is 3. The van der Waals surface area contributed by atoms with Crippen LogP contribution in [0.25, 0.3) is 0 Å². The van der Waals surface area contributed by atoms with Gasteiger partial charge in [0.25, 0.3) is 0 Å². The van der Waals surface area contributed by atoms with Crippen molar-refractivity contribution in [2.24, 2.45) is 12.8 Å². The van der Waals surface area contributed by atoms with Crippen LogP contribution in [-0.4, -0.2) is 21.5 Å². The zero-order chi connectivity index (χ0) is 9.47. The Kier molecular flexibility index (Phi) is 1.89. The van der Waals surface area contributed by atoms with Crippen LogP contribution in [0.2, 0.25) is 0 Å². The van der Waals surface area contributed by atoms with Crippen molar-refractivity contribution < 1.29 is 5.11 Å². The number of nitrogens with two attached hydrogens (primary N) is 1. The maximum atomic E-state index is 9.24. The van der Waals surface area contributed by atoms with Gasteiger partial charge < -0.3 is 10.8 Å². The molecule has 0 aliphatic heterocycles. The summed E-state index contributed by atoms with van der Waals surface area (Å²) in [5.74, 6) is 0. The van der Waals surface area contributed by atoms with Gasteiger partial charge in [-0.25, -0.2) is 0 Å². The molecule has 2 rings (SSSR count). The third kappa shape index (κ3) is 1.17. The number of fused-ring (bicyclic) bond motifs is 1. The molecule has 4 heteroatoms. The molecule has 0 saturated carbocycles. The number of aliphatic hydroxyl groups excluding tert-OH is 1. The number of hydrogen-bond donors (Lipinski definition) is 2. The second-order valence-corrected chi connectivity index (χ2v) is 3.80. The molecule has 0 bridgehead atoms. The predicted octanol–water partition coefficient (Wildman–Crippen LogP) is -0.0973. The molecule has 0 amide bonds. The Morgan fingerprint density at radius 3 is 3.23 bits per heavy atom. The first-order chi connectivity index (χ1) is 6.17. The van der Waals surface area contributed by atoms with Crippen molar-refractivity contribution in [3.8, 4) is 0 Å². The summed E-state index contributed by atoms with van der Waals surface area (Å²) in [4.78, 5) is 0. The van der Waals surface area contributed by atoms with Gasteiger partial charge in [0.15, 0.2) is 0 Å². The predicted molar refractivity (Wildman–Crippen MR) is 49.1 cm³/mol. The molecule has 1 atom stereocenters. The lowest BCUT2D eigenvalue weighted by Crippen LogP contribution is -2.43. The van der Waals surface area contributed by atoms with Crippen molar-refractivity contribution in [3.05, 3.63) is 17.5 Å². The Labute approximate surface area is 77.4 Å². The van der Waals surface area contributed by atoms with Gasteiger partial charge in [0.05, 0.1) is 18.3 Å². The molecule has 1 unspecified atom stereocenters. The minimum absolute atomic E-state index is 0.00565. The summed E-state index contributed by atoms with van der Waals surface area (Å²) in [7, 11) is 1.92. The van der Waals surface area contributed by atoms with Crippen LogP contribution in [0.1, 0.15) is 24.1 Å². The molecule has 1 aliphatic rings. The van der Waals surface area contributed by atoms with E-state index >= 15 is 0 Å². The Morgan fingerprint density at radius 1 is 1.77 bits per heavy atom. The van der Waals surface area contributed by atoms with Crippen molar-refractivity contribution in [2.75, 3.05) is 6.61 Å². The minimum Gasteiger partial charge on any atom is -0.394 e. The average Bonchev–Trinajstić information content (AvgIpc) is 2.50. The van der Waals surface area contributed by atoms with Crippen molar-refractivity contribution >= 4 is 0 Å². The fourth-order valence-corrected chi connectivity index (χ4v) is 2.05. The molecule has 0 saturated heterocycles. The lowest BCUT2D eigenvalue weighted by atomic mass is 9.81. The summed E-state index contributed by atoms with van der Waals surface area (Å²) in [5, 5.41) is 13.4. The fourth-order valence-electron chi connectivity index (χ4n) is 2.05. The van der Waals surface area contributed by atoms with E-state index in [4.69, 9.17) is 5.73 Å². The van der Waals surface area contributed by atoms with Gasteiger partial charge in [0.1, 0.15) is 0 Å². The van der Waals surface area contributed by atoms with E-state index in [9.17, 15) is 5.11 Å². The minimum atomic E-state index is -0.554. The Hall–Kier alpha value is -0.870. The molecule has 1 aromatic rings. The molecule has 1 aromatic heterocycles. The Morgan fingerprint density at radius 2 is 2.54 bits per heavy atom. The van der Waals surface area contributed by atoms with Crippen LogP contribution in [0.4, 0.5) is 0 Å². The smallest absolute Gasteiger partial charge is 0.0678 e. The molecule has 72 valence electrons. The highest BCUT2D eigenvalue weighted by Crippen LogP contribution is 2.32. The van der Waals surface area contributed by atoms with Gasteiger partial charge in [0.2, 0.25) is 0 Å². The average molecular weight is 181 g/mol. The number of nitrogens with zero attached hydrogens (tertiary/aromatic N) is 2. The second-order valence-electron chi connectivity index (χ2n) is 3.80. The van der Waals surface area contributed by atoms with E-state index in [1.165, 1.54) is 5.69 Å². The topological polar surface area (TPSA) is 64.1 Å². The van der Waals surface area contributed by atoms with Gasteiger partial charge in [-0.15, -0.1) is 0 Å². The molecule has 1 heterocycles. The van der Waals surface area contributed by atoms with Crippen LogP contribution < -0.4 is 5.73 Å². The van der Waals surface area contributed by atoms with E-state index in [0.29, 0.717) is 0 Å². The van der Waals surface area contributed by atoms with E-state index in [1.807, 2.05) is 11.7 Å². The number of aryl methyl sites for hydroxylation is 1. The SMILES string of the molecule is Cn1ncc2c1CCCC2(N)CO. The summed E-state index contributed by atoms with van der Waals surface area (Å²) in [6.07, 6.45) is 4.68. The maximum absolute atomic E-state index is 9.24.